The number of allylic oxidation sites excluding steroid dienone is 10. The Morgan fingerprint density at radius 2 is 0.687 bits per heavy atom. The molecular weight excluding hydrogens is 1120 g/mol. The van der Waals surface area contributed by atoms with Crippen molar-refractivity contribution < 1.29 is 18.0 Å². The van der Waals surface area contributed by atoms with Gasteiger partial charge in [0.05, 0.1) is 9.79 Å². The lowest BCUT2D eigenvalue weighted by Gasteiger charge is -2.31. The Bertz CT molecular complexity index is 2740. The van der Waals surface area contributed by atoms with Gasteiger partial charge in [-0.1, -0.05) is 144 Å². The minimum atomic E-state index is -4.11. The van der Waals surface area contributed by atoms with Crippen molar-refractivity contribution in [2.75, 3.05) is 0 Å². The molecule has 0 fully saturated rings. The fourth-order valence-electron chi connectivity index (χ4n) is 7.44. The normalized spacial score (nSPS) is 15.5. The number of azo groups is 2. The van der Waals surface area contributed by atoms with Crippen molar-refractivity contribution in [1.82, 2.24) is 0 Å². The number of sulfone groups is 1. The molecule has 13 heteroatoms. The first-order chi connectivity index (χ1) is 31.0. The van der Waals surface area contributed by atoms with Crippen molar-refractivity contribution in [3.8, 4) is 0 Å². The second kappa shape index (κ2) is 19.6. The van der Waals surface area contributed by atoms with E-state index in [-0.39, 0.29) is 21.4 Å². The summed E-state index contributed by atoms with van der Waals surface area (Å²) in [5, 5.41) is 19.0. The van der Waals surface area contributed by atoms with Gasteiger partial charge in [-0.05, 0) is 134 Å². The molecule has 0 aliphatic heterocycles. The average Bonchev–Trinajstić information content (AvgIpc) is 3.22. The first-order valence-electron chi connectivity index (χ1n) is 21.6. The highest BCUT2D eigenvalue weighted by molar-refractivity contribution is 9.11. The van der Waals surface area contributed by atoms with Gasteiger partial charge in [0.1, 0.15) is 22.8 Å². The maximum Gasteiger partial charge on any atom is 0.206 e. The Balaban J connectivity index is 1.41. The van der Waals surface area contributed by atoms with Crippen LogP contribution in [0.5, 0.6) is 0 Å². The summed E-state index contributed by atoms with van der Waals surface area (Å²) in [5.74, 6) is 0.0229. The molecule has 0 unspecified atom stereocenters. The molecule has 2 aliphatic carbocycles. The van der Waals surface area contributed by atoms with E-state index in [2.05, 4.69) is 73.9 Å². The van der Waals surface area contributed by atoms with Crippen LogP contribution in [0.2, 0.25) is 0 Å². The molecule has 0 N–H and O–H groups in total. The quantitative estimate of drug-likeness (QED) is 0.163. The number of carbonyl (C=O) groups excluding carboxylic acids is 2. The molecular formula is C54H54Br4N4O4S. The van der Waals surface area contributed by atoms with Gasteiger partial charge in [0.25, 0.3) is 0 Å². The van der Waals surface area contributed by atoms with Gasteiger partial charge in [-0.25, -0.2) is 8.42 Å². The van der Waals surface area contributed by atoms with Gasteiger partial charge in [0.15, 0.2) is 11.6 Å². The highest BCUT2D eigenvalue weighted by Crippen LogP contribution is 2.45. The summed E-state index contributed by atoms with van der Waals surface area (Å²) in [6, 6.07) is 25.3. The molecule has 0 amide bonds. The molecule has 0 spiro atoms. The fraction of sp³-hybridized carbons (Fsp3) is 0.296. The maximum absolute atomic E-state index is 14.4. The van der Waals surface area contributed by atoms with Crippen LogP contribution >= 0.6 is 63.7 Å². The molecule has 6 rings (SSSR count). The first kappa shape index (κ1) is 52.1. The van der Waals surface area contributed by atoms with E-state index in [9.17, 15) is 18.0 Å². The predicted molar refractivity (Wildman–Crippen MR) is 285 cm³/mol. The molecule has 0 bridgehead atoms. The van der Waals surface area contributed by atoms with Crippen LogP contribution < -0.4 is 0 Å². The molecule has 0 atom stereocenters. The smallest absolute Gasteiger partial charge is 0.206 e. The summed E-state index contributed by atoms with van der Waals surface area (Å²) in [5.41, 5.74) is 5.92. The van der Waals surface area contributed by atoms with Crippen LogP contribution in [0.1, 0.15) is 94.2 Å². The minimum Gasteiger partial charge on any atom is -0.289 e. The van der Waals surface area contributed by atoms with Crippen LogP contribution in [-0.4, -0.2) is 20.0 Å². The first-order valence-corrected chi connectivity index (χ1v) is 26.3. The van der Waals surface area contributed by atoms with Crippen molar-refractivity contribution in [2.45, 2.75) is 92.9 Å². The number of hydrogen-bond donors (Lipinski definition) is 0. The number of rotatable bonds is 8. The number of ketones is 2. The Labute approximate surface area is 429 Å². The van der Waals surface area contributed by atoms with Gasteiger partial charge in [0.2, 0.25) is 9.84 Å². The van der Waals surface area contributed by atoms with Crippen LogP contribution in [0.4, 0.5) is 11.4 Å². The molecule has 4 aromatic carbocycles. The van der Waals surface area contributed by atoms with Gasteiger partial charge in [-0.2, -0.15) is 0 Å². The average molecular weight is 1170 g/mol. The van der Waals surface area contributed by atoms with Crippen LogP contribution in [0, 0.1) is 21.7 Å². The zero-order chi connectivity index (χ0) is 49.6. The second-order valence-electron chi connectivity index (χ2n) is 20.6. The van der Waals surface area contributed by atoms with Crippen molar-refractivity contribution in [1.29, 1.82) is 0 Å². The highest BCUT2D eigenvalue weighted by Gasteiger charge is 2.36. The number of halogens is 4. The van der Waals surface area contributed by atoms with Crippen LogP contribution in [0.25, 0.3) is 11.4 Å². The third-order valence-corrected chi connectivity index (χ3v) is 15.3. The molecule has 67 heavy (non-hydrogen) atoms. The molecule has 0 heterocycles. The summed E-state index contributed by atoms with van der Waals surface area (Å²) in [6.45, 7) is 24.3. The van der Waals surface area contributed by atoms with E-state index in [1.165, 1.54) is 24.3 Å². The van der Waals surface area contributed by atoms with E-state index in [0.29, 0.717) is 63.0 Å². The Morgan fingerprint density at radius 3 is 0.925 bits per heavy atom. The number of Topliss-reactive ketones (excluding diaryl/α,β-unsaturated/α-hetero) is 2. The SMILES string of the molecule is CC(C)(C)C1=CC(=C(N=Nc2c(Br)cc(S(=O)(=O)c3cc(Br)c(N=NC(=C4C=C(C(C)(C)C)C(=O)C(C(C)(C)C)=C4)c4ccccc4)c(Br)c3)cc2Br)c2ccccc2)C=C(C(C)(C)C)C1=O. The highest BCUT2D eigenvalue weighted by atomic mass is 79.9. The van der Waals surface area contributed by atoms with E-state index in [4.69, 9.17) is 10.2 Å². The number of carbonyl (C=O) groups is 2. The summed E-state index contributed by atoms with van der Waals surface area (Å²) in [7, 11) is -4.11. The van der Waals surface area contributed by atoms with E-state index in [1.807, 2.05) is 168 Å². The van der Waals surface area contributed by atoms with Crippen molar-refractivity contribution >= 4 is 108 Å². The fourth-order valence-corrected chi connectivity index (χ4v) is 12.1. The molecule has 0 saturated heterocycles. The van der Waals surface area contributed by atoms with Crippen LogP contribution in [0.3, 0.4) is 0 Å². The van der Waals surface area contributed by atoms with Crippen molar-refractivity contribution in [3.63, 3.8) is 0 Å². The number of nitrogens with zero attached hydrogens (tertiary/aromatic N) is 4. The molecule has 2 aliphatic rings. The van der Waals surface area contributed by atoms with Gasteiger partial charge >= 0.3 is 0 Å². The molecule has 348 valence electrons. The third kappa shape index (κ3) is 11.6. The summed E-state index contributed by atoms with van der Waals surface area (Å²) < 4.78 is 30.3. The monoisotopic (exact) mass is 1170 g/mol. The maximum atomic E-state index is 14.4. The lowest BCUT2D eigenvalue weighted by Crippen LogP contribution is -2.28. The van der Waals surface area contributed by atoms with E-state index in [1.54, 1.807) is 0 Å². The third-order valence-electron chi connectivity index (χ3n) is 11.2. The standard InChI is InChI=1S/C54H54Br4N4O4S/c1-51(2,3)37-23-33(24-38(49(37)63)52(4,5)6)45(31-19-15-13-16-20-31)59-61-47-41(55)27-35(28-42(47)56)67(65,66)36-29-43(57)48(44(58)30-36)62-60-46(32-21-17-14-18-22-32)34-25-39(53(7,8)9)50(64)40(26-34)54(10,11)12/h13-30H,1-12H3. The molecule has 0 saturated carbocycles. The lowest BCUT2D eigenvalue weighted by atomic mass is 9.71. The molecule has 0 radical (unpaired) electrons. The summed E-state index contributed by atoms with van der Waals surface area (Å²) in [6.07, 6.45) is 7.61. The summed E-state index contributed by atoms with van der Waals surface area (Å²) in [4.78, 5) is 27.6. The largest absolute Gasteiger partial charge is 0.289 e. The Kier molecular flexibility index (Phi) is 15.3. The van der Waals surface area contributed by atoms with Gasteiger partial charge in [-0.15, -0.1) is 20.5 Å². The molecule has 4 aromatic rings. The van der Waals surface area contributed by atoms with Crippen LogP contribution in [-0.2, 0) is 19.4 Å². The number of hydrogen-bond acceptors (Lipinski definition) is 8. The molecule has 8 nitrogen and oxygen atoms in total. The zero-order valence-electron chi connectivity index (χ0n) is 39.7. The van der Waals surface area contributed by atoms with E-state index < -0.39 is 31.5 Å². The van der Waals surface area contributed by atoms with Gasteiger partial charge in [-0.3, -0.25) is 9.59 Å². The van der Waals surface area contributed by atoms with Crippen molar-refractivity contribution in [2.24, 2.45) is 42.1 Å². The Morgan fingerprint density at radius 1 is 0.433 bits per heavy atom. The second-order valence-corrected chi connectivity index (χ2v) is 26.0. The van der Waals surface area contributed by atoms with Crippen LogP contribution in [0.15, 0.2) is 191 Å². The zero-order valence-corrected chi connectivity index (χ0v) is 46.9. The number of benzene rings is 4. The van der Waals surface area contributed by atoms with Crippen molar-refractivity contribution in [3.05, 3.63) is 172 Å². The minimum absolute atomic E-state index is 0.00661. The van der Waals surface area contributed by atoms with Gasteiger partial charge < -0.3 is 0 Å². The Hall–Kier alpha value is -4.27. The van der Waals surface area contributed by atoms with E-state index >= 15 is 0 Å². The lowest BCUT2D eigenvalue weighted by molar-refractivity contribution is -0.114. The molecule has 0 aromatic heterocycles. The predicted octanol–water partition coefficient (Wildman–Crippen LogP) is 17.6. The topological polar surface area (TPSA) is 118 Å². The summed E-state index contributed by atoms with van der Waals surface area (Å²) >= 11 is 14.4. The van der Waals surface area contributed by atoms with E-state index in [0.717, 1.165) is 22.3 Å². The van der Waals surface area contributed by atoms with Gasteiger partial charge in [0, 0.05) is 62.5 Å².